The fourth-order valence-corrected chi connectivity index (χ4v) is 2.13. The molecule has 0 rings (SSSR count). The predicted octanol–water partition coefficient (Wildman–Crippen LogP) is 4.85. The van der Waals surface area contributed by atoms with Gasteiger partial charge in [-0.25, -0.2) is 4.79 Å². The first-order chi connectivity index (χ1) is 10.8. The molecule has 0 unspecified atom stereocenters. The largest absolute Gasteiger partial charge is 0.503 e. The number of unbranched alkanes of at least 4 members (excludes halogenated alkanes) is 9. The van der Waals surface area contributed by atoms with E-state index < -0.39 is 6.16 Å². The molecular formula is C18H40NO4+. The molecule has 0 fully saturated rings. The number of ether oxygens (including phenoxy) is 1. The van der Waals surface area contributed by atoms with Crippen molar-refractivity contribution >= 4 is 6.16 Å². The maximum absolute atomic E-state index is 8.56. The molecule has 0 spiro atoms. The van der Waals surface area contributed by atoms with Crippen molar-refractivity contribution in [2.24, 2.45) is 0 Å². The molecule has 0 aromatic heterocycles. The van der Waals surface area contributed by atoms with Crippen molar-refractivity contribution in [2.75, 3.05) is 40.9 Å². The van der Waals surface area contributed by atoms with E-state index >= 15 is 0 Å². The molecule has 2 N–H and O–H groups in total. The Morgan fingerprint density at radius 2 is 1.17 bits per heavy atom. The molecule has 0 saturated heterocycles. The van der Waals surface area contributed by atoms with Crippen LogP contribution >= 0.6 is 0 Å². The van der Waals surface area contributed by atoms with Gasteiger partial charge in [-0.2, -0.15) is 0 Å². The lowest BCUT2D eigenvalue weighted by Crippen LogP contribution is -2.37. The molecule has 140 valence electrons. The molecule has 5 nitrogen and oxygen atoms in total. The van der Waals surface area contributed by atoms with Gasteiger partial charge in [-0.1, -0.05) is 64.7 Å². The van der Waals surface area contributed by atoms with Gasteiger partial charge in [0.15, 0.2) is 0 Å². The number of quaternary nitrogens is 1. The topological polar surface area (TPSA) is 66.8 Å². The quantitative estimate of drug-likeness (QED) is 0.352. The minimum atomic E-state index is -1.83. The molecule has 0 saturated carbocycles. The van der Waals surface area contributed by atoms with Gasteiger partial charge in [0.05, 0.1) is 27.7 Å². The van der Waals surface area contributed by atoms with E-state index in [9.17, 15) is 0 Å². The lowest BCUT2D eigenvalue weighted by molar-refractivity contribution is -0.870. The first-order valence-corrected chi connectivity index (χ1v) is 9.09. The van der Waals surface area contributed by atoms with Crippen LogP contribution in [0, 0.1) is 0 Å². The van der Waals surface area contributed by atoms with Gasteiger partial charge in [0.1, 0.15) is 6.54 Å². The highest BCUT2D eigenvalue weighted by Crippen LogP contribution is 2.10. The van der Waals surface area contributed by atoms with E-state index in [-0.39, 0.29) is 0 Å². The van der Waals surface area contributed by atoms with Crippen molar-refractivity contribution in [3.8, 4) is 0 Å². The second kappa shape index (κ2) is 17.5. The fraction of sp³-hybridized carbons (Fsp3) is 0.944. The van der Waals surface area contributed by atoms with Gasteiger partial charge in [0.2, 0.25) is 0 Å². The van der Waals surface area contributed by atoms with Crippen LogP contribution in [0.1, 0.15) is 71.1 Å². The highest BCUT2D eigenvalue weighted by Gasteiger charge is 2.05. The van der Waals surface area contributed by atoms with Crippen LogP contribution in [0.2, 0.25) is 0 Å². The maximum atomic E-state index is 8.56. The zero-order chi connectivity index (χ0) is 18.0. The average molecular weight is 335 g/mol. The Bertz CT molecular complexity index is 248. The predicted molar refractivity (Wildman–Crippen MR) is 96.2 cm³/mol. The van der Waals surface area contributed by atoms with E-state index in [1.165, 1.54) is 64.2 Å². The fourth-order valence-electron chi connectivity index (χ4n) is 2.13. The second-order valence-electron chi connectivity index (χ2n) is 7.09. The van der Waals surface area contributed by atoms with Crippen LogP contribution in [0.15, 0.2) is 0 Å². The van der Waals surface area contributed by atoms with Crippen LogP contribution in [0.5, 0.6) is 0 Å². The Labute approximate surface area is 143 Å². The number of hydrogen-bond donors (Lipinski definition) is 2. The molecule has 23 heavy (non-hydrogen) atoms. The molecule has 0 aromatic carbocycles. The van der Waals surface area contributed by atoms with E-state index in [0.29, 0.717) is 0 Å². The average Bonchev–Trinajstić information content (AvgIpc) is 2.42. The van der Waals surface area contributed by atoms with Crippen LogP contribution in [0.3, 0.4) is 0 Å². The van der Waals surface area contributed by atoms with Gasteiger partial charge in [-0.05, 0) is 6.42 Å². The summed E-state index contributed by atoms with van der Waals surface area (Å²) in [5.74, 6) is 0. The van der Waals surface area contributed by atoms with Gasteiger partial charge in [0, 0.05) is 6.61 Å². The third-order valence-corrected chi connectivity index (χ3v) is 3.55. The normalized spacial score (nSPS) is 11.0. The zero-order valence-corrected chi connectivity index (χ0v) is 15.9. The molecule has 0 atom stereocenters. The van der Waals surface area contributed by atoms with Crippen molar-refractivity contribution in [1.82, 2.24) is 0 Å². The van der Waals surface area contributed by atoms with Gasteiger partial charge in [-0.15, -0.1) is 0 Å². The molecule has 0 amide bonds. The van der Waals surface area contributed by atoms with Crippen LogP contribution < -0.4 is 0 Å². The summed E-state index contributed by atoms with van der Waals surface area (Å²) in [5.41, 5.74) is 0. The Balaban J connectivity index is 0. The summed E-state index contributed by atoms with van der Waals surface area (Å²) in [6.45, 7) is 5.25. The monoisotopic (exact) mass is 334 g/mol. The number of nitrogens with zero attached hydrogens (tertiary/aromatic N) is 1. The van der Waals surface area contributed by atoms with Gasteiger partial charge in [-0.3, -0.25) is 0 Å². The number of carboxylic acid groups (broad SMARTS) is 2. The zero-order valence-electron chi connectivity index (χ0n) is 15.9. The van der Waals surface area contributed by atoms with Crippen LogP contribution in [-0.4, -0.2) is 61.8 Å². The van der Waals surface area contributed by atoms with Gasteiger partial charge >= 0.3 is 6.16 Å². The first-order valence-electron chi connectivity index (χ1n) is 9.09. The third-order valence-electron chi connectivity index (χ3n) is 3.55. The van der Waals surface area contributed by atoms with Crippen molar-refractivity contribution in [3.05, 3.63) is 0 Å². The summed E-state index contributed by atoms with van der Waals surface area (Å²) >= 11 is 0. The number of carbonyl (C=O) groups is 1. The molecule has 0 heterocycles. The number of rotatable bonds is 14. The van der Waals surface area contributed by atoms with Crippen molar-refractivity contribution in [1.29, 1.82) is 0 Å². The van der Waals surface area contributed by atoms with Crippen molar-refractivity contribution in [3.63, 3.8) is 0 Å². The first kappa shape index (κ1) is 24.4. The SMILES string of the molecule is CCCCCCCCCCCCOCC[N+](C)(C)C.O=C(O)O. The summed E-state index contributed by atoms with van der Waals surface area (Å²) in [6, 6.07) is 0. The number of hydrogen-bond acceptors (Lipinski definition) is 2. The van der Waals surface area contributed by atoms with Crippen molar-refractivity contribution in [2.45, 2.75) is 71.1 Å². The van der Waals surface area contributed by atoms with Crippen molar-refractivity contribution < 1.29 is 24.2 Å². The summed E-state index contributed by atoms with van der Waals surface area (Å²) in [7, 11) is 6.64. The lowest BCUT2D eigenvalue weighted by atomic mass is 10.1. The van der Waals surface area contributed by atoms with E-state index in [1.807, 2.05) is 0 Å². The minimum Gasteiger partial charge on any atom is -0.450 e. The highest BCUT2D eigenvalue weighted by atomic mass is 16.6. The molecule has 0 bridgehead atoms. The number of likely N-dealkylation sites (N-methyl/N-ethyl adjacent to an activating group) is 1. The van der Waals surface area contributed by atoms with Crippen LogP contribution in [0.4, 0.5) is 4.79 Å². The molecule has 0 aliphatic carbocycles. The lowest BCUT2D eigenvalue weighted by Gasteiger charge is -2.23. The van der Waals surface area contributed by atoms with Gasteiger partial charge < -0.3 is 19.4 Å². The summed E-state index contributed by atoms with van der Waals surface area (Å²) in [4.78, 5) is 8.56. The molecule has 0 aliphatic heterocycles. The Kier molecular flexibility index (Phi) is 18.6. The Hall–Kier alpha value is -0.810. The molecule has 0 aliphatic rings. The minimum absolute atomic E-state index is 0.904. The molecule has 0 radical (unpaired) electrons. The Morgan fingerprint density at radius 1 is 0.783 bits per heavy atom. The third kappa shape index (κ3) is 33.8. The van der Waals surface area contributed by atoms with E-state index in [2.05, 4.69) is 28.1 Å². The Morgan fingerprint density at radius 3 is 1.57 bits per heavy atom. The van der Waals surface area contributed by atoms with Gasteiger partial charge in [0.25, 0.3) is 0 Å². The van der Waals surface area contributed by atoms with E-state index in [0.717, 1.165) is 24.2 Å². The van der Waals surface area contributed by atoms with E-state index in [1.54, 1.807) is 0 Å². The molecule has 5 heteroatoms. The summed E-state index contributed by atoms with van der Waals surface area (Å²) in [5, 5.41) is 13.9. The smallest absolute Gasteiger partial charge is 0.450 e. The van der Waals surface area contributed by atoms with Crippen LogP contribution in [-0.2, 0) is 4.74 Å². The summed E-state index contributed by atoms with van der Waals surface area (Å²) in [6.07, 6.45) is 12.1. The molecule has 0 aromatic rings. The maximum Gasteiger partial charge on any atom is 0.503 e. The second-order valence-corrected chi connectivity index (χ2v) is 7.09. The molecular weight excluding hydrogens is 294 g/mol. The van der Waals surface area contributed by atoms with E-state index in [4.69, 9.17) is 19.7 Å². The highest BCUT2D eigenvalue weighted by molar-refractivity contribution is 5.53. The standard InChI is InChI=1S/C17H38NO.CH2O3/c1-5-6-7-8-9-10-11-12-13-14-16-19-17-15-18(2,3)4;2-1(3)4/h5-17H2,1-4H3;(H2,2,3,4)/q+1;. The summed E-state index contributed by atoms with van der Waals surface area (Å²) < 4.78 is 6.66. The van der Waals surface area contributed by atoms with Crippen LogP contribution in [0.25, 0.3) is 0 Å².